The number of hydrogen-bond acceptors (Lipinski definition) is 8. The highest BCUT2D eigenvalue weighted by Crippen LogP contribution is 2.40. The Morgan fingerprint density at radius 3 is 2.27 bits per heavy atom. The summed E-state index contributed by atoms with van der Waals surface area (Å²) in [4.78, 5) is 40.9. The van der Waals surface area contributed by atoms with Gasteiger partial charge >= 0.3 is 5.97 Å². The van der Waals surface area contributed by atoms with Gasteiger partial charge in [0.15, 0.2) is 6.29 Å². The number of aliphatic hydroxyl groups is 1. The molecule has 3 saturated heterocycles. The molecule has 2 amide bonds. The largest absolute Gasteiger partial charge is 0.481 e. The molecule has 4 aromatic carbocycles. The molecule has 3 aliphatic heterocycles. The van der Waals surface area contributed by atoms with Crippen molar-refractivity contribution in [2.24, 2.45) is 0 Å². The van der Waals surface area contributed by atoms with Crippen LogP contribution in [0, 0.1) is 0 Å². The van der Waals surface area contributed by atoms with Crippen molar-refractivity contribution >= 4 is 23.5 Å². The summed E-state index contributed by atoms with van der Waals surface area (Å²) in [5, 5.41) is 24.5. The molecule has 0 aliphatic carbocycles. The first-order chi connectivity index (χ1) is 26.8. The highest BCUT2D eigenvalue weighted by atomic mass is 16.7. The number of aliphatic carboxylic acids is 1. The minimum absolute atomic E-state index is 0.0174. The lowest BCUT2D eigenvalue weighted by atomic mass is 9.85. The number of nitrogens with zero attached hydrogens (tertiary/aromatic N) is 2. The van der Waals surface area contributed by atoms with E-state index >= 15 is 0 Å². The number of likely N-dealkylation sites (tertiary alicyclic amines) is 1. The Labute approximate surface area is 322 Å². The molecule has 4 aromatic rings. The number of carboxylic acids is 1. The van der Waals surface area contributed by atoms with E-state index in [0.717, 1.165) is 71.5 Å². The first kappa shape index (κ1) is 38.2. The van der Waals surface area contributed by atoms with Gasteiger partial charge in [-0.25, -0.2) is 0 Å². The summed E-state index contributed by atoms with van der Waals surface area (Å²) >= 11 is 0. The van der Waals surface area contributed by atoms with E-state index in [0.29, 0.717) is 38.9 Å². The number of aliphatic hydroxyl groups excluding tert-OH is 1. The van der Waals surface area contributed by atoms with Gasteiger partial charge in [0.05, 0.1) is 25.5 Å². The van der Waals surface area contributed by atoms with Crippen molar-refractivity contribution in [3.63, 3.8) is 0 Å². The Hall–Kier alpha value is -5.07. The topological polar surface area (TPSA) is 141 Å². The maximum Gasteiger partial charge on any atom is 0.303 e. The number of anilines is 1. The lowest BCUT2D eigenvalue weighted by Gasteiger charge is -2.45. The Balaban J connectivity index is 1.01. The van der Waals surface area contributed by atoms with Crippen LogP contribution in [0.4, 0.5) is 5.69 Å². The molecule has 3 fully saturated rings. The fraction of sp³-hybridized carbons (Fsp3) is 0.386. The van der Waals surface area contributed by atoms with Crippen LogP contribution in [0.15, 0.2) is 103 Å². The zero-order valence-corrected chi connectivity index (χ0v) is 31.1. The number of carbonyl (C=O) groups is 3. The number of amides is 2. The van der Waals surface area contributed by atoms with E-state index in [2.05, 4.69) is 50.8 Å². The van der Waals surface area contributed by atoms with Gasteiger partial charge in [-0.2, -0.15) is 0 Å². The van der Waals surface area contributed by atoms with Crippen molar-refractivity contribution in [2.75, 3.05) is 31.2 Å². The SMILES string of the molecule is O=C(O)CCCCC(=O)NCc1cccc(-c2ccc(C3OC(CN4CCC5(CC4)C(=O)NCN5c4ccccc4)CC(c4ccc(CO)cc4)O3)cc2)c1. The highest BCUT2D eigenvalue weighted by molar-refractivity contribution is 5.93. The molecule has 288 valence electrons. The van der Waals surface area contributed by atoms with Gasteiger partial charge in [0.2, 0.25) is 11.8 Å². The van der Waals surface area contributed by atoms with Gasteiger partial charge in [0, 0.05) is 56.7 Å². The molecule has 1 spiro atoms. The Kier molecular flexibility index (Phi) is 12.2. The Morgan fingerprint density at radius 1 is 0.818 bits per heavy atom. The Morgan fingerprint density at radius 2 is 1.55 bits per heavy atom. The van der Waals surface area contributed by atoms with Crippen molar-refractivity contribution in [1.29, 1.82) is 0 Å². The van der Waals surface area contributed by atoms with Crippen LogP contribution in [-0.4, -0.2) is 70.8 Å². The minimum Gasteiger partial charge on any atom is -0.481 e. The minimum atomic E-state index is -0.845. The fourth-order valence-corrected chi connectivity index (χ4v) is 8.00. The lowest BCUT2D eigenvalue weighted by molar-refractivity contribution is -0.253. The molecule has 3 heterocycles. The molecule has 0 bridgehead atoms. The molecule has 7 rings (SSSR count). The van der Waals surface area contributed by atoms with Crippen LogP contribution in [-0.2, 0) is 37.0 Å². The summed E-state index contributed by atoms with van der Waals surface area (Å²) in [6, 6.07) is 34.3. The van der Waals surface area contributed by atoms with Gasteiger partial charge in [0.1, 0.15) is 5.54 Å². The van der Waals surface area contributed by atoms with Crippen LogP contribution in [0.1, 0.15) is 79.6 Å². The van der Waals surface area contributed by atoms with Crippen LogP contribution < -0.4 is 15.5 Å². The molecular formula is C44H50N4O7. The zero-order chi connectivity index (χ0) is 38.2. The van der Waals surface area contributed by atoms with E-state index in [1.807, 2.05) is 72.8 Å². The van der Waals surface area contributed by atoms with Crippen LogP contribution in [0.5, 0.6) is 0 Å². The van der Waals surface area contributed by atoms with Crippen molar-refractivity contribution < 1.29 is 34.1 Å². The molecule has 3 unspecified atom stereocenters. The van der Waals surface area contributed by atoms with E-state index < -0.39 is 17.8 Å². The number of unbranched alkanes of at least 4 members (excludes halogenated alkanes) is 1. The van der Waals surface area contributed by atoms with Crippen LogP contribution in [0.2, 0.25) is 0 Å². The third kappa shape index (κ3) is 9.25. The number of benzene rings is 4. The molecule has 11 nitrogen and oxygen atoms in total. The monoisotopic (exact) mass is 746 g/mol. The molecule has 0 aromatic heterocycles. The van der Waals surface area contributed by atoms with E-state index in [-0.39, 0.29) is 37.0 Å². The van der Waals surface area contributed by atoms with Gasteiger partial charge in [-0.05, 0) is 71.7 Å². The van der Waals surface area contributed by atoms with Crippen molar-refractivity contribution in [3.8, 4) is 11.1 Å². The summed E-state index contributed by atoms with van der Waals surface area (Å²) in [5.74, 6) is -0.829. The van der Waals surface area contributed by atoms with Gasteiger partial charge in [-0.15, -0.1) is 0 Å². The van der Waals surface area contributed by atoms with Crippen molar-refractivity contribution in [1.82, 2.24) is 15.5 Å². The number of para-hydroxylation sites is 1. The molecule has 55 heavy (non-hydrogen) atoms. The number of rotatable bonds is 14. The smallest absolute Gasteiger partial charge is 0.303 e. The van der Waals surface area contributed by atoms with Crippen LogP contribution in [0.3, 0.4) is 0 Å². The number of carboxylic acid groups (broad SMARTS) is 1. The summed E-state index contributed by atoms with van der Waals surface area (Å²) < 4.78 is 13.3. The molecule has 4 N–H and O–H groups in total. The Bertz CT molecular complexity index is 1910. The quantitative estimate of drug-likeness (QED) is 0.113. The lowest BCUT2D eigenvalue weighted by Crippen LogP contribution is -2.57. The summed E-state index contributed by atoms with van der Waals surface area (Å²) in [7, 11) is 0. The molecule has 11 heteroatoms. The predicted molar refractivity (Wildman–Crippen MR) is 209 cm³/mol. The predicted octanol–water partition coefficient (Wildman–Crippen LogP) is 6.08. The second-order valence-corrected chi connectivity index (χ2v) is 14.8. The number of carbonyl (C=O) groups excluding carboxylic acids is 2. The van der Waals surface area contributed by atoms with E-state index in [1.54, 1.807) is 0 Å². The average molecular weight is 747 g/mol. The van der Waals surface area contributed by atoms with Crippen molar-refractivity contribution in [2.45, 2.75) is 82.1 Å². The molecule has 3 atom stereocenters. The van der Waals surface area contributed by atoms with E-state index in [9.17, 15) is 19.5 Å². The molecular weight excluding hydrogens is 697 g/mol. The number of piperidine rings is 1. The number of nitrogens with one attached hydrogen (secondary N) is 2. The summed E-state index contributed by atoms with van der Waals surface area (Å²) in [5.41, 5.74) is 6.33. The second kappa shape index (κ2) is 17.6. The summed E-state index contributed by atoms with van der Waals surface area (Å²) in [6.45, 7) is 3.18. The second-order valence-electron chi connectivity index (χ2n) is 14.8. The number of hydrogen-bond donors (Lipinski definition) is 4. The van der Waals surface area contributed by atoms with Gasteiger partial charge in [-0.3, -0.25) is 14.4 Å². The maximum absolute atomic E-state index is 13.3. The molecule has 0 saturated carbocycles. The van der Waals surface area contributed by atoms with E-state index in [1.165, 1.54) is 0 Å². The fourth-order valence-electron chi connectivity index (χ4n) is 8.00. The summed E-state index contributed by atoms with van der Waals surface area (Å²) in [6.07, 6.45) is 2.65. The van der Waals surface area contributed by atoms with Crippen LogP contribution >= 0.6 is 0 Å². The first-order valence-corrected chi connectivity index (χ1v) is 19.3. The maximum atomic E-state index is 13.3. The third-order valence-electron chi connectivity index (χ3n) is 11.1. The highest BCUT2D eigenvalue weighted by Gasteiger charge is 2.50. The van der Waals surface area contributed by atoms with E-state index in [4.69, 9.17) is 14.6 Å². The van der Waals surface area contributed by atoms with Gasteiger partial charge in [-0.1, -0.05) is 84.9 Å². The number of ether oxygens (including phenoxy) is 2. The standard InChI is InChI=1S/C44H50N4O7/c49-29-31-13-15-34(16-14-31)39-26-38(28-47-23-21-44(22-24-47)43(53)46-30-48(44)37-9-2-1-3-10-37)54-42(55-39)35-19-17-33(18-20-35)36-8-6-7-32(25-36)27-45-40(50)11-4-5-12-41(51)52/h1-3,6-10,13-20,25,38-39,42,49H,4-5,11-12,21-24,26-30H2,(H,45,50)(H,46,53)(H,51,52). The average Bonchev–Trinajstić information content (AvgIpc) is 3.54. The first-order valence-electron chi connectivity index (χ1n) is 19.3. The van der Waals surface area contributed by atoms with Gasteiger partial charge in [0.25, 0.3) is 0 Å². The van der Waals surface area contributed by atoms with Crippen molar-refractivity contribution in [3.05, 3.63) is 125 Å². The zero-order valence-electron chi connectivity index (χ0n) is 31.1. The third-order valence-corrected chi connectivity index (χ3v) is 11.1. The molecule has 0 radical (unpaired) electrons. The van der Waals surface area contributed by atoms with Gasteiger partial charge < -0.3 is 40.1 Å². The molecule has 3 aliphatic rings. The normalized spacial score (nSPS) is 21.0. The van der Waals surface area contributed by atoms with Crippen LogP contribution in [0.25, 0.3) is 11.1 Å².